The minimum Gasteiger partial charge on any atom is -0.502 e. The van der Waals surface area contributed by atoms with Crippen LogP contribution < -0.4 is 4.98 Å². The second-order valence-electron chi connectivity index (χ2n) is 6.19. The highest BCUT2D eigenvalue weighted by Gasteiger charge is 2.31. The number of aromatic amines is 1. The fourth-order valence-electron chi connectivity index (χ4n) is 2.88. The standard InChI is InChI=1S/C18H29NO3/c1-3-4-5-6-7-8-9-10-11-21-18-16-15(13-22-18)12-19-14(2)17(16)20/h12,18,20H,3-11,13H2,1-2H3/p+1. The number of unbranched alkanes of at least 4 members (excludes halogenated alkanes) is 7. The van der Waals surface area contributed by atoms with E-state index in [2.05, 4.69) is 11.9 Å². The average molecular weight is 308 g/mol. The quantitative estimate of drug-likeness (QED) is 0.659. The topological polar surface area (TPSA) is 52.8 Å². The van der Waals surface area contributed by atoms with Crippen molar-refractivity contribution in [2.75, 3.05) is 6.61 Å². The molecule has 4 nitrogen and oxygen atoms in total. The molecule has 0 aliphatic carbocycles. The van der Waals surface area contributed by atoms with Gasteiger partial charge in [0.2, 0.25) is 5.69 Å². The Hall–Kier alpha value is -1.13. The molecule has 1 aromatic rings. The predicted octanol–water partition coefficient (Wildman–Crippen LogP) is 4.20. The Morgan fingerprint density at radius 3 is 2.59 bits per heavy atom. The molecule has 0 fully saturated rings. The van der Waals surface area contributed by atoms with Crippen molar-refractivity contribution in [3.63, 3.8) is 0 Å². The van der Waals surface area contributed by atoms with Crippen LogP contribution in [0.4, 0.5) is 0 Å². The number of pyridine rings is 1. The fourth-order valence-corrected chi connectivity index (χ4v) is 2.88. The summed E-state index contributed by atoms with van der Waals surface area (Å²) in [6, 6.07) is 0. The molecular formula is C18H30NO3+. The number of aromatic hydroxyl groups is 1. The highest BCUT2D eigenvalue weighted by atomic mass is 16.7. The zero-order chi connectivity index (χ0) is 15.8. The zero-order valence-corrected chi connectivity index (χ0v) is 14.0. The maximum Gasteiger partial charge on any atom is 0.219 e. The summed E-state index contributed by atoms with van der Waals surface area (Å²) < 4.78 is 11.4. The second-order valence-corrected chi connectivity index (χ2v) is 6.19. The molecule has 2 heterocycles. The molecule has 1 aliphatic rings. The van der Waals surface area contributed by atoms with E-state index in [0.717, 1.165) is 23.2 Å². The lowest BCUT2D eigenvalue weighted by atomic mass is 10.1. The van der Waals surface area contributed by atoms with Crippen molar-refractivity contribution < 1.29 is 19.6 Å². The molecule has 0 bridgehead atoms. The molecule has 0 saturated carbocycles. The van der Waals surface area contributed by atoms with E-state index in [1.165, 1.54) is 44.9 Å². The molecule has 2 rings (SSSR count). The van der Waals surface area contributed by atoms with Gasteiger partial charge in [0.05, 0.1) is 24.3 Å². The van der Waals surface area contributed by atoms with Crippen LogP contribution in [-0.2, 0) is 16.1 Å². The van der Waals surface area contributed by atoms with Gasteiger partial charge in [0.1, 0.15) is 0 Å². The minimum atomic E-state index is -0.409. The number of H-pyrrole nitrogens is 1. The third-order valence-corrected chi connectivity index (χ3v) is 4.31. The van der Waals surface area contributed by atoms with Gasteiger partial charge in [-0.1, -0.05) is 51.9 Å². The molecule has 1 aliphatic heterocycles. The number of nitrogens with one attached hydrogen (secondary N) is 1. The van der Waals surface area contributed by atoms with E-state index in [-0.39, 0.29) is 5.75 Å². The Morgan fingerprint density at radius 1 is 1.18 bits per heavy atom. The lowest BCUT2D eigenvalue weighted by Crippen LogP contribution is -2.11. The summed E-state index contributed by atoms with van der Waals surface area (Å²) in [6.07, 6.45) is 11.8. The van der Waals surface area contributed by atoms with E-state index in [0.29, 0.717) is 13.2 Å². The van der Waals surface area contributed by atoms with Gasteiger partial charge in [0, 0.05) is 6.92 Å². The smallest absolute Gasteiger partial charge is 0.219 e. The first kappa shape index (κ1) is 17.2. The minimum absolute atomic E-state index is 0.274. The summed E-state index contributed by atoms with van der Waals surface area (Å²) in [5.74, 6) is 0.274. The van der Waals surface area contributed by atoms with Gasteiger partial charge in [-0.05, 0) is 6.42 Å². The molecule has 1 atom stereocenters. The Morgan fingerprint density at radius 2 is 1.86 bits per heavy atom. The highest BCUT2D eigenvalue weighted by Crippen LogP contribution is 2.37. The van der Waals surface area contributed by atoms with Gasteiger partial charge in [-0.15, -0.1) is 0 Å². The van der Waals surface area contributed by atoms with Crippen LogP contribution in [0.25, 0.3) is 0 Å². The molecule has 4 heteroatoms. The number of aryl methyl sites for hydroxylation is 1. The molecule has 0 saturated heterocycles. The second kappa shape index (κ2) is 9.11. The highest BCUT2D eigenvalue weighted by molar-refractivity contribution is 5.40. The SMILES string of the molecule is CCCCCCCCCCOC1OCc2c[nH+]c(C)c(O)c21. The van der Waals surface area contributed by atoms with Crippen molar-refractivity contribution in [1.29, 1.82) is 0 Å². The number of fused-ring (bicyclic) bond motifs is 1. The number of rotatable bonds is 10. The maximum absolute atomic E-state index is 10.1. The van der Waals surface area contributed by atoms with Crippen molar-refractivity contribution >= 4 is 0 Å². The van der Waals surface area contributed by atoms with Gasteiger partial charge in [-0.2, -0.15) is 0 Å². The van der Waals surface area contributed by atoms with Crippen LogP contribution in [0.1, 0.15) is 81.4 Å². The van der Waals surface area contributed by atoms with Gasteiger partial charge in [0.15, 0.2) is 18.2 Å². The van der Waals surface area contributed by atoms with Crippen molar-refractivity contribution in [2.24, 2.45) is 0 Å². The van der Waals surface area contributed by atoms with Gasteiger partial charge in [0.25, 0.3) is 0 Å². The van der Waals surface area contributed by atoms with Crippen LogP contribution in [-0.4, -0.2) is 11.7 Å². The molecule has 1 unspecified atom stereocenters. The van der Waals surface area contributed by atoms with Gasteiger partial charge in [-0.3, -0.25) is 0 Å². The fraction of sp³-hybridized carbons (Fsp3) is 0.722. The van der Waals surface area contributed by atoms with Crippen molar-refractivity contribution in [2.45, 2.75) is 78.1 Å². The molecule has 1 aromatic heterocycles. The molecule has 0 aromatic carbocycles. The lowest BCUT2D eigenvalue weighted by molar-refractivity contribution is -0.389. The Balaban J connectivity index is 1.63. The predicted molar refractivity (Wildman–Crippen MR) is 85.5 cm³/mol. The van der Waals surface area contributed by atoms with Crippen LogP contribution >= 0.6 is 0 Å². The normalized spacial score (nSPS) is 16.9. The first-order chi connectivity index (χ1) is 10.7. The summed E-state index contributed by atoms with van der Waals surface area (Å²) >= 11 is 0. The van der Waals surface area contributed by atoms with Crippen molar-refractivity contribution in [3.8, 4) is 5.75 Å². The van der Waals surface area contributed by atoms with Crippen LogP contribution in [0.3, 0.4) is 0 Å². The van der Waals surface area contributed by atoms with E-state index < -0.39 is 6.29 Å². The average Bonchev–Trinajstić information content (AvgIpc) is 2.93. The first-order valence-corrected chi connectivity index (χ1v) is 8.70. The van der Waals surface area contributed by atoms with E-state index in [9.17, 15) is 5.11 Å². The first-order valence-electron chi connectivity index (χ1n) is 8.70. The van der Waals surface area contributed by atoms with Gasteiger partial charge in [-0.25, -0.2) is 4.98 Å². The maximum atomic E-state index is 10.1. The van der Waals surface area contributed by atoms with Crippen LogP contribution in [0, 0.1) is 6.92 Å². The van der Waals surface area contributed by atoms with Gasteiger partial charge >= 0.3 is 0 Å². The summed E-state index contributed by atoms with van der Waals surface area (Å²) in [6.45, 7) is 5.29. The third kappa shape index (κ3) is 4.68. The number of hydrogen-bond acceptors (Lipinski definition) is 3. The number of ether oxygens (including phenoxy) is 2. The number of aromatic nitrogens is 1. The van der Waals surface area contributed by atoms with Crippen LogP contribution in [0.5, 0.6) is 5.75 Å². The monoisotopic (exact) mass is 308 g/mol. The zero-order valence-electron chi connectivity index (χ0n) is 14.0. The largest absolute Gasteiger partial charge is 0.502 e. The van der Waals surface area contributed by atoms with Crippen molar-refractivity contribution in [3.05, 3.63) is 23.0 Å². The lowest BCUT2D eigenvalue weighted by Gasteiger charge is -2.13. The molecule has 0 amide bonds. The third-order valence-electron chi connectivity index (χ3n) is 4.31. The van der Waals surface area contributed by atoms with E-state index in [1.807, 2.05) is 13.1 Å². The van der Waals surface area contributed by atoms with E-state index in [1.54, 1.807) is 0 Å². The molecule has 0 radical (unpaired) electrons. The Labute approximate surface area is 133 Å². The van der Waals surface area contributed by atoms with Crippen LogP contribution in [0.15, 0.2) is 6.20 Å². The van der Waals surface area contributed by atoms with Crippen LogP contribution in [0.2, 0.25) is 0 Å². The molecule has 2 N–H and O–H groups in total. The molecule has 0 spiro atoms. The van der Waals surface area contributed by atoms with E-state index in [4.69, 9.17) is 9.47 Å². The number of hydrogen-bond donors (Lipinski definition) is 1. The summed E-state index contributed by atoms with van der Waals surface area (Å²) in [5.41, 5.74) is 2.55. The van der Waals surface area contributed by atoms with Gasteiger partial charge < -0.3 is 14.6 Å². The summed E-state index contributed by atoms with van der Waals surface area (Å²) in [4.78, 5) is 3.04. The molecule has 124 valence electrons. The Bertz CT molecular complexity index is 462. The Kier molecular flexibility index (Phi) is 7.13. The molecule has 22 heavy (non-hydrogen) atoms. The summed E-state index contributed by atoms with van der Waals surface area (Å²) in [5, 5.41) is 10.1. The molecular weight excluding hydrogens is 278 g/mol. The summed E-state index contributed by atoms with van der Waals surface area (Å²) in [7, 11) is 0. The van der Waals surface area contributed by atoms with Crippen molar-refractivity contribution in [1.82, 2.24) is 0 Å². The van der Waals surface area contributed by atoms with E-state index >= 15 is 0 Å².